The Hall–Kier alpha value is -0.840. The summed E-state index contributed by atoms with van der Waals surface area (Å²) in [6.07, 6.45) is 4.61. The minimum Gasteiger partial charge on any atom is -0.382 e. The second-order valence-electron chi connectivity index (χ2n) is 6.61. The molecule has 121 valence electrons. The van der Waals surface area contributed by atoms with Crippen molar-refractivity contribution in [2.24, 2.45) is 5.92 Å². The molecule has 2 atom stereocenters. The highest BCUT2D eigenvalue weighted by atomic mass is 35.5. The van der Waals surface area contributed by atoms with Crippen LogP contribution in [0.5, 0.6) is 0 Å². The van der Waals surface area contributed by atoms with Gasteiger partial charge in [-0.05, 0) is 69.9 Å². The zero-order chi connectivity index (χ0) is 15.5. The number of rotatable bonds is 3. The largest absolute Gasteiger partial charge is 0.382 e. The van der Waals surface area contributed by atoms with Crippen molar-refractivity contribution in [1.82, 2.24) is 10.2 Å². The number of hydrogen-bond donors (Lipinski definition) is 1. The van der Waals surface area contributed by atoms with E-state index in [1.54, 1.807) is 12.1 Å². The first-order chi connectivity index (χ1) is 10.6. The fourth-order valence-electron chi connectivity index (χ4n) is 3.59. The standard InChI is InChI=1S/C17H24ClFN3/c1-22-8-5-12(6-9-22)17-11-14(4-7-20-17)21-13-2-3-16(19)15(18)10-13/h2-3,10,12,14,17,21H,4-9,11H2,1H3. The molecule has 5 heteroatoms. The number of nitrogens with zero attached hydrogens (tertiary/aromatic N) is 2. The van der Waals surface area contributed by atoms with E-state index in [4.69, 9.17) is 16.9 Å². The molecule has 0 aliphatic carbocycles. The molecule has 2 unspecified atom stereocenters. The summed E-state index contributed by atoms with van der Waals surface area (Å²) in [4.78, 5) is 2.40. The van der Waals surface area contributed by atoms with Crippen molar-refractivity contribution in [1.29, 1.82) is 0 Å². The van der Waals surface area contributed by atoms with Gasteiger partial charge in [-0.25, -0.2) is 9.71 Å². The molecule has 1 aromatic carbocycles. The van der Waals surface area contributed by atoms with E-state index in [1.165, 1.54) is 32.0 Å². The third kappa shape index (κ3) is 3.92. The summed E-state index contributed by atoms with van der Waals surface area (Å²) in [6, 6.07) is 5.73. The smallest absolute Gasteiger partial charge is 0.141 e. The van der Waals surface area contributed by atoms with Gasteiger partial charge in [-0.2, -0.15) is 0 Å². The Kier molecular flexibility index (Phi) is 5.21. The molecular formula is C17H24ClFN3. The summed E-state index contributed by atoms with van der Waals surface area (Å²) in [6.45, 7) is 3.29. The molecule has 2 aliphatic heterocycles. The zero-order valence-corrected chi connectivity index (χ0v) is 13.8. The number of nitrogens with one attached hydrogen (secondary N) is 1. The third-order valence-electron chi connectivity index (χ3n) is 4.96. The molecule has 0 bridgehead atoms. The van der Waals surface area contributed by atoms with Crippen LogP contribution in [0.15, 0.2) is 18.2 Å². The molecule has 2 aliphatic rings. The van der Waals surface area contributed by atoms with Crippen molar-refractivity contribution >= 4 is 17.3 Å². The molecule has 3 nitrogen and oxygen atoms in total. The topological polar surface area (TPSA) is 29.4 Å². The molecule has 2 saturated heterocycles. The SMILES string of the molecule is CN1CCC(C2CC(Nc3ccc(F)c(Cl)c3)CC[N]2)CC1. The lowest BCUT2D eigenvalue weighted by atomic mass is 9.83. The van der Waals surface area contributed by atoms with Crippen LogP contribution in [-0.2, 0) is 0 Å². The van der Waals surface area contributed by atoms with Crippen molar-refractivity contribution in [3.05, 3.63) is 29.0 Å². The van der Waals surface area contributed by atoms with E-state index < -0.39 is 0 Å². The summed E-state index contributed by atoms with van der Waals surface area (Å²) in [5, 5.41) is 8.54. The van der Waals surface area contributed by atoms with Crippen LogP contribution in [0, 0.1) is 11.7 Å². The molecule has 2 heterocycles. The summed E-state index contributed by atoms with van der Waals surface area (Å²) >= 11 is 5.86. The Morgan fingerprint density at radius 1 is 1.27 bits per heavy atom. The van der Waals surface area contributed by atoms with Gasteiger partial charge in [0.25, 0.3) is 0 Å². The second-order valence-corrected chi connectivity index (χ2v) is 7.02. The van der Waals surface area contributed by atoms with Gasteiger partial charge in [-0.3, -0.25) is 0 Å². The maximum absolute atomic E-state index is 13.2. The van der Waals surface area contributed by atoms with E-state index in [9.17, 15) is 4.39 Å². The van der Waals surface area contributed by atoms with Crippen LogP contribution < -0.4 is 10.6 Å². The average Bonchev–Trinajstić information content (AvgIpc) is 2.52. The normalized spacial score (nSPS) is 27.8. The lowest BCUT2D eigenvalue weighted by Crippen LogP contribution is -2.46. The van der Waals surface area contributed by atoms with Crippen molar-refractivity contribution in [3.8, 4) is 0 Å². The van der Waals surface area contributed by atoms with Crippen molar-refractivity contribution in [2.45, 2.75) is 37.8 Å². The van der Waals surface area contributed by atoms with Crippen molar-refractivity contribution in [3.63, 3.8) is 0 Å². The van der Waals surface area contributed by atoms with Crippen LogP contribution >= 0.6 is 11.6 Å². The Morgan fingerprint density at radius 3 is 2.77 bits per heavy atom. The van der Waals surface area contributed by atoms with Gasteiger partial charge < -0.3 is 10.2 Å². The van der Waals surface area contributed by atoms with Crippen LogP contribution in [0.2, 0.25) is 5.02 Å². The van der Waals surface area contributed by atoms with Gasteiger partial charge in [0.05, 0.1) is 5.02 Å². The van der Waals surface area contributed by atoms with Gasteiger partial charge in [-0.1, -0.05) is 11.6 Å². The Labute approximate surface area is 137 Å². The molecule has 22 heavy (non-hydrogen) atoms. The maximum atomic E-state index is 13.2. The first-order valence-electron chi connectivity index (χ1n) is 8.18. The van der Waals surface area contributed by atoms with E-state index >= 15 is 0 Å². The fraction of sp³-hybridized carbons (Fsp3) is 0.647. The molecule has 0 aromatic heterocycles. The highest BCUT2D eigenvalue weighted by molar-refractivity contribution is 6.31. The summed E-state index contributed by atoms with van der Waals surface area (Å²) in [7, 11) is 2.19. The number of halogens is 2. The van der Waals surface area contributed by atoms with E-state index in [-0.39, 0.29) is 10.8 Å². The van der Waals surface area contributed by atoms with Crippen LogP contribution in [0.1, 0.15) is 25.7 Å². The predicted molar refractivity (Wildman–Crippen MR) is 89.1 cm³/mol. The quantitative estimate of drug-likeness (QED) is 0.923. The van der Waals surface area contributed by atoms with E-state index in [1.807, 2.05) is 0 Å². The van der Waals surface area contributed by atoms with Crippen LogP contribution in [-0.4, -0.2) is 43.7 Å². The summed E-state index contributed by atoms with van der Waals surface area (Å²) < 4.78 is 13.2. The third-order valence-corrected chi connectivity index (χ3v) is 5.25. The lowest BCUT2D eigenvalue weighted by Gasteiger charge is -2.38. The van der Waals surface area contributed by atoms with E-state index in [0.717, 1.165) is 31.0 Å². The Bertz CT molecular complexity index is 503. The van der Waals surface area contributed by atoms with Crippen LogP contribution in [0.3, 0.4) is 0 Å². The second kappa shape index (κ2) is 7.16. The van der Waals surface area contributed by atoms with Gasteiger partial charge in [0.2, 0.25) is 0 Å². The highest BCUT2D eigenvalue weighted by Gasteiger charge is 2.31. The molecule has 2 fully saturated rings. The van der Waals surface area contributed by atoms with Crippen LogP contribution in [0.4, 0.5) is 10.1 Å². The zero-order valence-electron chi connectivity index (χ0n) is 13.1. The molecule has 1 N–H and O–H groups in total. The van der Waals surface area contributed by atoms with Crippen molar-refractivity contribution < 1.29 is 4.39 Å². The maximum Gasteiger partial charge on any atom is 0.141 e. The number of piperidine rings is 2. The number of hydrogen-bond acceptors (Lipinski definition) is 2. The highest BCUT2D eigenvalue weighted by Crippen LogP contribution is 2.28. The molecule has 0 amide bonds. The fourth-order valence-corrected chi connectivity index (χ4v) is 3.77. The summed E-state index contributed by atoms with van der Waals surface area (Å²) in [5.74, 6) is 0.354. The van der Waals surface area contributed by atoms with Gasteiger partial charge in [-0.15, -0.1) is 0 Å². The first-order valence-corrected chi connectivity index (χ1v) is 8.56. The number of likely N-dealkylation sites (tertiary alicyclic amines) is 1. The van der Waals surface area contributed by atoms with Gasteiger partial charge >= 0.3 is 0 Å². The van der Waals surface area contributed by atoms with Gasteiger partial charge in [0, 0.05) is 24.3 Å². The van der Waals surface area contributed by atoms with Crippen LogP contribution in [0.25, 0.3) is 0 Å². The predicted octanol–water partition coefficient (Wildman–Crippen LogP) is 3.37. The van der Waals surface area contributed by atoms with Gasteiger partial charge in [0.15, 0.2) is 0 Å². The lowest BCUT2D eigenvalue weighted by molar-refractivity contribution is 0.164. The average molecular weight is 325 g/mol. The minimum absolute atomic E-state index is 0.178. The Balaban J connectivity index is 1.57. The monoisotopic (exact) mass is 324 g/mol. The van der Waals surface area contributed by atoms with Gasteiger partial charge in [0.1, 0.15) is 5.82 Å². The van der Waals surface area contributed by atoms with E-state index in [0.29, 0.717) is 12.1 Å². The number of benzene rings is 1. The first kappa shape index (κ1) is 16.0. The van der Waals surface area contributed by atoms with Crippen molar-refractivity contribution in [2.75, 3.05) is 32.0 Å². The van der Waals surface area contributed by atoms with E-state index in [2.05, 4.69) is 17.3 Å². The minimum atomic E-state index is -0.366. The Morgan fingerprint density at radius 2 is 2.05 bits per heavy atom. The molecule has 3 rings (SSSR count). The molecule has 1 aromatic rings. The molecule has 0 spiro atoms. The number of anilines is 1. The molecular weight excluding hydrogens is 301 g/mol. The molecule has 0 saturated carbocycles. The summed E-state index contributed by atoms with van der Waals surface area (Å²) in [5.41, 5.74) is 0.903. The molecule has 1 radical (unpaired) electrons.